The van der Waals surface area contributed by atoms with Gasteiger partial charge in [-0.2, -0.15) is 5.10 Å². The van der Waals surface area contributed by atoms with Crippen molar-refractivity contribution in [3.63, 3.8) is 0 Å². The monoisotopic (exact) mass is 289 g/mol. The van der Waals surface area contributed by atoms with Crippen LogP contribution in [0.1, 0.15) is 16.1 Å². The molecule has 0 aliphatic carbocycles. The number of likely N-dealkylation sites (N-methyl/N-ethyl adjacent to an activating group) is 1. The number of amides is 1. The number of carbonyl (C=O) groups is 2. The minimum atomic E-state index is -1.15. The smallest absolute Gasteiger partial charge is 0.356 e. The summed E-state index contributed by atoms with van der Waals surface area (Å²) in [4.78, 5) is 23.9. The molecule has 3 rings (SSSR count). The number of aryl methyl sites for hydroxylation is 1. The maximum absolute atomic E-state index is 14.2. The summed E-state index contributed by atoms with van der Waals surface area (Å²) in [7, 11) is 3.12. The molecule has 1 aliphatic heterocycles. The Morgan fingerprint density at radius 1 is 1.33 bits per heavy atom. The number of benzene rings is 1. The highest BCUT2D eigenvalue weighted by molar-refractivity contribution is 6.01. The molecule has 0 radical (unpaired) electrons. The zero-order chi connectivity index (χ0) is 15.3. The summed E-state index contributed by atoms with van der Waals surface area (Å²) in [6.45, 7) is 0. The quantitative estimate of drug-likeness (QED) is 0.907. The molecule has 2 aromatic rings. The van der Waals surface area contributed by atoms with E-state index in [1.54, 1.807) is 13.1 Å². The van der Waals surface area contributed by atoms with Gasteiger partial charge >= 0.3 is 5.97 Å². The van der Waals surface area contributed by atoms with Crippen LogP contribution in [0.3, 0.4) is 0 Å². The molecule has 0 saturated heterocycles. The first kappa shape index (κ1) is 13.3. The van der Waals surface area contributed by atoms with Gasteiger partial charge in [-0.1, -0.05) is 0 Å². The first-order valence-electron chi connectivity index (χ1n) is 6.25. The van der Waals surface area contributed by atoms with Crippen LogP contribution in [0.4, 0.5) is 10.1 Å². The first-order valence-corrected chi connectivity index (χ1v) is 6.25. The largest absolute Gasteiger partial charge is 0.476 e. The van der Waals surface area contributed by atoms with Gasteiger partial charge in [-0.05, 0) is 23.8 Å². The second kappa shape index (κ2) is 4.41. The van der Waals surface area contributed by atoms with Crippen LogP contribution in [-0.2, 0) is 18.3 Å². The van der Waals surface area contributed by atoms with E-state index in [1.165, 1.54) is 28.8 Å². The van der Waals surface area contributed by atoms with Gasteiger partial charge in [0.05, 0.1) is 17.8 Å². The van der Waals surface area contributed by atoms with Crippen LogP contribution in [0.15, 0.2) is 18.2 Å². The number of carboxylic acids is 1. The number of nitrogens with zero attached hydrogens (tertiary/aromatic N) is 3. The van der Waals surface area contributed by atoms with E-state index >= 15 is 0 Å². The Morgan fingerprint density at radius 2 is 2.05 bits per heavy atom. The SMILES string of the molecule is CN1C(=O)Cc2cc(-c3cc(C(=O)O)nn3C)cc(F)c21. The fourth-order valence-corrected chi connectivity index (χ4v) is 2.56. The van der Waals surface area contributed by atoms with E-state index in [2.05, 4.69) is 5.10 Å². The minimum absolute atomic E-state index is 0.110. The lowest BCUT2D eigenvalue weighted by atomic mass is 10.0. The molecular formula is C14H12FN3O3. The van der Waals surface area contributed by atoms with Crippen molar-refractivity contribution >= 4 is 17.6 Å². The zero-order valence-corrected chi connectivity index (χ0v) is 11.4. The third-order valence-corrected chi connectivity index (χ3v) is 3.59. The van der Waals surface area contributed by atoms with Crippen molar-refractivity contribution in [3.8, 4) is 11.3 Å². The van der Waals surface area contributed by atoms with Gasteiger partial charge in [0.2, 0.25) is 5.91 Å². The average molecular weight is 289 g/mol. The first-order chi connectivity index (χ1) is 9.88. The van der Waals surface area contributed by atoms with Crippen LogP contribution in [0.2, 0.25) is 0 Å². The Balaban J connectivity index is 2.14. The topological polar surface area (TPSA) is 75.4 Å². The van der Waals surface area contributed by atoms with Gasteiger partial charge in [-0.25, -0.2) is 9.18 Å². The molecule has 1 aromatic carbocycles. The lowest BCUT2D eigenvalue weighted by Gasteiger charge is -2.12. The van der Waals surface area contributed by atoms with Crippen molar-refractivity contribution in [2.24, 2.45) is 7.05 Å². The molecule has 108 valence electrons. The summed E-state index contributed by atoms with van der Waals surface area (Å²) in [5.74, 6) is -1.82. The third-order valence-electron chi connectivity index (χ3n) is 3.59. The van der Waals surface area contributed by atoms with E-state index in [4.69, 9.17) is 5.11 Å². The van der Waals surface area contributed by atoms with Gasteiger partial charge in [-0.15, -0.1) is 0 Å². The molecular weight excluding hydrogens is 277 g/mol. The number of rotatable bonds is 2. The molecule has 1 amide bonds. The van der Waals surface area contributed by atoms with Gasteiger partial charge in [0, 0.05) is 19.7 Å². The van der Waals surface area contributed by atoms with Gasteiger partial charge < -0.3 is 10.0 Å². The number of carboxylic acid groups (broad SMARTS) is 1. The number of hydrogen-bond donors (Lipinski definition) is 1. The molecule has 1 aromatic heterocycles. The molecule has 1 aliphatic rings. The van der Waals surface area contributed by atoms with Gasteiger partial charge in [0.25, 0.3) is 0 Å². The highest BCUT2D eigenvalue weighted by atomic mass is 19.1. The molecule has 1 N–H and O–H groups in total. The summed E-state index contributed by atoms with van der Waals surface area (Å²) in [5.41, 5.74) is 1.74. The standard InChI is InChI=1S/C14H12FN3O3/c1-17-12(19)5-8-3-7(4-9(15)13(8)17)11-6-10(14(20)21)16-18(11)2/h3-4,6H,5H2,1-2H3,(H,20,21). The predicted octanol–water partition coefficient (Wildman–Crippen LogP) is 1.44. The molecule has 6 nitrogen and oxygen atoms in total. The predicted molar refractivity (Wildman–Crippen MR) is 72.7 cm³/mol. The number of aromatic carboxylic acids is 1. The van der Waals surface area contributed by atoms with Crippen molar-refractivity contribution < 1.29 is 19.1 Å². The second-order valence-electron chi connectivity index (χ2n) is 4.94. The van der Waals surface area contributed by atoms with E-state index < -0.39 is 11.8 Å². The van der Waals surface area contributed by atoms with Crippen LogP contribution >= 0.6 is 0 Å². The normalized spacial score (nSPS) is 13.7. The van der Waals surface area contributed by atoms with E-state index in [1.807, 2.05) is 0 Å². The van der Waals surface area contributed by atoms with Crippen molar-refractivity contribution in [2.45, 2.75) is 6.42 Å². The van der Waals surface area contributed by atoms with Crippen LogP contribution in [0.25, 0.3) is 11.3 Å². The van der Waals surface area contributed by atoms with Crippen LogP contribution in [-0.4, -0.2) is 33.8 Å². The third kappa shape index (κ3) is 1.97. The van der Waals surface area contributed by atoms with Crippen molar-refractivity contribution in [2.75, 3.05) is 11.9 Å². The number of halogens is 1. The summed E-state index contributed by atoms with van der Waals surface area (Å²) < 4.78 is 15.6. The zero-order valence-electron chi connectivity index (χ0n) is 11.4. The Bertz CT molecular complexity index is 782. The van der Waals surface area contributed by atoms with Crippen LogP contribution in [0, 0.1) is 5.82 Å². The van der Waals surface area contributed by atoms with E-state index in [0.29, 0.717) is 16.8 Å². The minimum Gasteiger partial charge on any atom is -0.476 e. The Hall–Kier alpha value is -2.70. The summed E-state index contributed by atoms with van der Waals surface area (Å²) in [6, 6.07) is 4.36. The Kier molecular flexibility index (Phi) is 2.79. The lowest BCUT2D eigenvalue weighted by Crippen LogP contribution is -2.21. The molecule has 0 unspecified atom stereocenters. The van der Waals surface area contributed by atoms with E-state index in [0.717, 1.165) is 0 Å². The Morgan fingerprint density at radius 3 is 2.67 bits per heavy atom. The van der Waals surface area contributed by atoms with Crippen molar-refractivity contribution in [3.05, 3.63) is 35.3 Å². The molecule has 0 spiro atoms. The van der Waals surface area contributed by atoms with E-state index in [9.17, 15) is 14.0 Å². The van der Waals surface area contributed by atoms with Crippen LogP contribution < -0.4 is 4.90 Å². The number of hydrogen-bond acceptors (Lipinski definition) is 3. The summed E-state index contributed by atoms with van der Waals surface area (Å²) in [6.07, 6.45) is 0.139. The summed E-state index contributed by atoms with van der Waals surface area (Å²) >= 11 is 0. The number of aromatic nitrogens is 2. The van der Waals surface area contributed by atoms with E-state index in [-0.39, 0.29) is 23.7 Å². The number of anilines is 1. The van der Waals surface area contributed by atoms with Gasteiger partial charge in [-0.3, -0.25) is 9.48 Å². The highest BCUT2D eigenvalue weighted by Gasteiger charge is 2.28. The molecule has 0 saturated carbocycles. The molecule has 0 fully saturated rings. The molecule has 0 bridgehead atoms. The maximum Gasteiger partial charge on any atom is 0.356 e. The van der Waals surface area contributed by atoms with Gasteiger partial charge in [0.15, 0.2) is 5.69 Å². The lowest BCUT2D eigenvalue weighted by molar-refractivity contribution is -0.117. The van der Waals surface area contributed by atoms with Gasteiger partial charge in [0.1, 0.15) is 5.82 Å². The molecule has 7 heteroatoms. The van der Waals surface area contributed by atoms with Crippen molar-refractivity contribution in [1.29, 1.82) is 0 Å². The molecule has 21 heavy (non-hydrogen) atoms. The average Bonchev–Trinajstić information content (AvgIpc) is 2.91. The maximum atomic E-state index is 14.2. The Labute approximate surface area is 119 Å². The highest BCUT2D eigenvalue weighted by Crippen LogP contribution is 2.34. The van der Waals surface area contributed by atoms with Crippen LogP contribution in [0.5, 0.6) is 0 Å². The number of fused-ring (bicyclic) bond motifs is 1. The number of carbonyl (C=O) groups excluding carboxylic acids is 1. The fourth-order valence-electron chi connectivity index (χ4n) is 2.56. The fraction of sp³-hybridized carbons (Fsp3) is 0.214. The summed E-state index contributed by atoms with van der Waals surface area (Å²) in [5, 5.41) is 12.8. The second-order valence-corrected chi connectivity index (χ2v) is 4.94. The van der Waals surface area contributed by atoms with Crippen molar-refractivity contribution in [1.82, 2.24) is 9.78 Å². The molecule has 2 heterocycles. The molecule has 0 atom stereocenters.